The lowest BCUT2D eigenvalue weighted by molar-refractivity contribution is -0.187. The average Bonchev–Trinajstić information content (AvgIpc) is 3.42. The molecule has 0 aromatic heterocycles. The monoisotopic (exact) mass is 489 g/mol. The molecular formula is C26H35NO4S2. The molecule has 6 aliphatic rings. The number of aliphatic hydroxyl groups is 2. The van der Waals surface area contributed by atoms with E-state index in [1.165, 1.54) is 0 Å². The van der Waals surface area contributed by atoms with Crippen LogP contribution < -0.4 is 0 Å². The van der Waals surface area contributed by atoms with Crippen LogP contribution in [0.4, 0.5) is 0 Å². The first-order chi connectivity index (χ1) is 15.6. The van der Waals surface area contributed by atoms with Crippen LogP contribution in [0.1, 0.15) is 46.5 Å². The smallest absolute Gasteiger partial charge is 0.255 e. The normalized spacial score (nSPS) is 52.8. The maximum atomic E-state index is 13.8. The number of hydrogen-bond donors (Lipinski definition) is 2. The number of ketones is 1. The third-order valence-electron chi connectivity index (χ3n) is 10.4. The molecule has 2 heterocycles. The molecule has 33 heavy (non-hydrogen) atoms. The van der Waals surface area contributed by atoms with Gasteiger partial charge in [0.05, 0.1) is 6.10 Å². The summed E-state index contributed by atoms with van der Waals surface area (Å²) in [6.45, 7) is 7.91. The molecule has 0 aromatic rings. The first-order valence-corrected chi connectivity index (χ1v) is 14.6. The molecule has 180 valence electrons. The number of hydrogen-bond acceptors (Lipinski definition) is 6. The highest BCUT2D eigenvalue weighted by Crippen LogP contribution is 2.68. The Kier molecular flexibility index (Phi) is 5.07. The number of thioether (sulfide) groups is 2. The number of fused-ring (bicyclic) bond motifs is 6. The molecule has 2 N–H and O–H groups in total. The maximum absolute atomic E-state index is 13.8. The molecule has 0 spiro atoms. The molecule has 1 amide bonds. The van der Waals surface area contributed by atoms with Gasteiger partial charge >= 0.3 is 0 Å². The lowest BCUT2D eigenvalue weighted by Gasteiger charge is -2.60. The van der Waals surface area contributed by atoms with Crippen molar-refractivity contribution in [1.82, 2.24) is 4.90 Å². The first kappa shape index (κ1) is 22.7. The number of rotatable bonds is 1. The van der Waals surface area contributed by atoms with Gasteiger partial charge in [-0.15, -0.1) is 23.5 Å². The molecule has 3 saturated carbocycles. The van der Waals surface area contributed by atoms with Crippen molar-refractivity contribution in [1.29, 1.82) is 0 Å². The number of aliphatic hydroxyl groups excluding tert-OH is 1. The first-order valence-electron chi connectivity index (χ1n) is 12.5. The van der Waals surface area contributed by atoms with E-state index in [1.807, 2.05) is 34.5 Å². The fraction of sp³-hybridized carbons (Fsp3) is 0.769. The summed E-state index contributed by atoms with van der Waals surface area (Å²) < 4.78 is 0. The van der Waals surface area contributed by atoms with Crippen LogP contribution in [-0.2, 0) is 9.59 Å². The summed E-state index contributed by atoms with van der Waals surface area (Å²) in [6.07, 6.45) is 7.49. The largest absolute Gasteiger partial charge is 0.393 e. The third-order valence-corrected chi connectivity index (χ3v) is 13.5. The van der Waals surface area contributed by atoms with Crippen molar-refractivity contribution in [3.05, 3.63) is 23.8 Å². The molecule has 4 aliphatic carbocycles. The van der Waals surface area contributed by atoms with E-state index in [-0.39, 0.29) is 40.8 Å². The molecule has 0 bridgehead atoms. The van der Waals surface area contributed by atoms with Crippen LogP contribution in [0.2, 0.25) is 0 Å². The maximum Gasteiger partial charge on any atom is 0.255 e. The second kappa shape index (κ2) is 7.37. The zero-order chi connectivity index (χ0) is 23.3. The van der Waals surface area contributed by atoms with Crippen molar-refractivity contribution in [3.8, 4) is 0 Å². The van der Waals surface area contributed by atoms with E-state index in [4.69, 9.17) is 0 Å². The zero-order valence-corrected chi connectivity index (χ0v) is 21.3. The van der Waals surface area contributed by atoms with Crippen LogP contribution in [0.5, 0.6) is 0 Å². The highest BCUT2D eigenvalue weighted by atomic mass is 32.2. The fourth-order valence-electron chi connectivity index (χ4n) is 8.81. The van der Waals surface area contributed by atoms with E-state index in [9.17, 15) is 19.8 Å². The third kappa shape index (κ3) is 2.94. The van der Waals surface area contributed by atoms with E-state index < -0.39 is 17.1 Å². The van der Waals surface area contributed by atoms with Crippen LogP contribution in [0, 0.1) is 34.5 Å². The Hall–Kier alpha value is -0.760. The Bertz CT molecular complexity index is 954. The van der Waals surface area contributed by atoms with Crippen molar-refractivity contribution >= 4 is 35.2 Å². The summed E-state index contributed by atoms with van der Waals surface area (Å²) in [4.78, 5) is 27.9. The standard InChI is InChI=1S/C26H35NO4S2/c1-14-8-16-17-5-7-26(31,23(30)27-11-20-21(12-27)33-13-32-20)25(17,3)10-19(29)22(16)24(2)6-4-15(28)9-18(14)24/h4,6,9,14,16-17,19-22,29,31H,5,7-8,10-13H2,1-3H3/t14-,16-,17-,19-,20+,21?,22+,24-,25-,26-/m0/s1. The van der Waals surface area contributed by atoms with Crippen molar-refractivity contribution in [2.24, 2.45) is 34.5 Å². The van der Waals surface area contributed by atoms with Crippen LogP contribution in [-0.4, -0.2) is 67.2 Å². The number of carbonyl (C=O) groups is 2. The minimum Gasteiger partial charge on any atom is -0.393 e. The molecule has 10 atom stereocenters. The van der Waals surface area contributed by atoms with Crippen molar-refractivity contribution < 1.29 is 19.8 Å². The van der Waals surface area contributed by atoms with Gasteiger partial charge in [-0.05, 0) is 55.6 Å². The zero-order valence-electron chi connectivity index (χ0n) is 19.7. The molecule has 0 radical (unpaired) electrons. The molecule has 7 heteroatoms. The number of carbonyl (C=O) groups excluding carboxylic acids is 2. The molecule has 6 rings (SSSR count). The van der Waals surface area contributed by atoms with E-state index in [0.29, 0.717) is 23.3 Å². The lowest BCUT2D eigenvalue weighted by atomic mass is 9.45. The molecule has 2 saturated heterocycles. The van der Waals surface area contributed by atoms with Gasteiger partial charge in [-0.25, -0.2) is 0 Å². The predicted octanol–water partition coefficient (Wildman–Crippen LogP) is 3.26. The number of amides is 1. The van der Waals surface area contributed by atoms with E-state index in [1.54, 1.807) is 12.2 Å². The van der Waals surface area contributed by atoms with E-state index in [0.717, 1.165) is 36.6 Å². The molecular weight excluding hydrogens is 454 g/mol. The Balaban J connectivity index is 1.32. The van der Waals surface area contributed by atoms with Gasteiger partial charge in [0.1, 0.15) is 5.60 Å². The number of likely N-dealkylation sites (tertiary alicyclic amines) is 1. The summed E-state index contributed by atoms with van der Waals surface area (Å²) >= 11 is 3.87. The quantitative estimate of drug-likeness (QED) is 0.589. The fourth-order valence-corrected chi connectivity index (χ4v) is 12.2. The predicted molar refractivity (Wildman–Crippen MR) is 132 cm³/mol. The summed E-state index contributed by atoms with van der Waals surface area (Å²) in [5, 5.41) is 25.7. The van der Waals surface area contributed by atoms with Gasteiger partial charge in [0.2, 0.25) is 0 Å². The van der Waals surface area contributed by atoms with E-state index in [2.05, 4.69) is 20.8 Å². The lowest BCUT2D eigenvalue weighted by Crippen LogP contribution is -2.63. The second-order valence-corrected chi connectivity index (χ2v) is 14.7. The Labute approximate surface area is 204 Å². The molecule has 2 aliphatic heterocycles. The van der Waals surface area contributed by atoms with Crippen molar-refractivity contribution in [2.45, 2.75) is 68.7 Å². The Morgan fingerprint density at radius 1 is 1.21 bits per heavy atom. The molecule has 5 nitrogen and oxygen atoms in total. The van der Waals surface area contributed by atoms with Gasteiger partial charge < -0.3 is 15.1 Å². The van der Waals surface area contributed by atoms with Crippen molar-refractivity contribution in [2.75, 3.05) is 18.2 Å². The van der Waals surface area contributed by atoms with Gasteiger partial charge in [0.25, 0.3) is 5.91 Å². The average molecular weight is 490 g/mol. The van der Waals surface area contributed by atoms with Crippen LogP contribution >= 0.6 is 23.5 Å². The van der Waals surface area contributed by atoms with E-state index >= 15 is 0 Å². The van der Waals surface area contributed by atoms with Crippen LogP contribution in [0.25, 0.3) is 0 Å². The topological polar surface area (TPSA) is 77.8 Å². The highest BCUT2D eigenvalue weighted by molar-refractivity contribution is 8.19. The van der Waals surface area contributed by atoms with Crippen molar-refractivity contribution in [3.63, 3.8) is 0 Å². The van der Waals surface area contributed by atoms with Gasteiger partial charge in [-0.1, -0.05) is 32.4 Å². The highest BCUT2D eigenvalue weighted by Gasteiger charge is 2.69. The Morgan fingerprint density at radius 2 is 1.91 bits per heavy atom. The summed E-state index contributed by atoms with van der Waals surface area (Å²) in [5.41, 5.74) is -1.24. The van der Waals surface area contributed by atoms with Crippen LogP contribution in [0.3, 0.4) is 0 Å². The SMILES string of the molecule is C[C@H]1C[C@@H]2[C@H]([C@@H](O)C[C@@]3(C)[C@H]2CC[C@]3(O)C(=O)N2CC3SCS[C@@H]3C2)[C@@]2(C)C=CC(=O)C=C12. The molecule has 5 fully saturated rings. The van der Waals surface area contributed by atoms with Gasteiger partial charge in [0.15, 0.2) is 5.78 Å². The van der Waals surface area contributed by atoms with Crippen LogP contribution in [0.15, 0.2) is 23.8 Å². The summed E-state index contributed by atoms with van der Waals surface area (Å²) in [7, 11) is 0. The number of allylic oxidation sites excluding steroid dienone is 4. The van der Waals surface area contributed by atoms with Gasteiger partial charge in [-0.2, -0.15) is 0 Å². The molecule has 0 aromatic carbocycles. The Morgan fingerprint density at radius 3 is 2.61 bits per heavy atom. The molecule has 1 unspecified atom stereocenters. The summed E-state index contributed by atoms with van der Waals surface area (Å²) in [6, 6.07) is 0. The van der Waals surface area contributed by atoms with Gasteiger partial charge in [-0.3, -0.25) is 9.59 Å². The second-order valence-electron chi connectivity index (χ2n) is 11.9. The summed E-state index contributed by atoms with van der Waals surface area (Å²) in [5.74, 6) is 0.607. The minimum absolute atomic E-state index is 0.0128. The minimum atomic E-state index is -1.41. The number of nitrogens with zero attached hydrogens (tertiary/aromatic N) is 1. The van der Waals surface area contributed by atoms with Gasteiger partial charge in [0, 0.05) is 45.4 Å².